The highest BCUT2D eigenvalue weighted by atomic mass is 32.2. The molecule has 1 saturated heterocycles. The third kappa shape index (κ3) is 3.84. The Labute approximate surface area is 139 Å². The summed E-state index contributed by atoms with van der Waals surface area (Å²) in [5.41, 5.74) is 0.262. The van der Waals surface area contributed by atoms with E-state index < -0.39 is 15.9 Å². The number of furan rings is 1. The predicted octanol–water partition coefficient (Wildman–Crippen LogP) is 0.104. The van der Waals surface area contributed by atoms with Crippen LogP contribution in [0.3, 0.4) is 0 Å². The maximum atomic E-state index is 12.2. The molecular formula is C15H19N3O5S. The summed E-state index contributed by atoms with van der Waals surface area (Å²) in [6.45, 7) is 0.400. The average molecular weight is 353 g/mol. The molecule has 1 aromatic heterocycles. The van der Waals surface area contributed by atoms with Crippen LogP contribution in [0.2, 0.25) is 0 Å². The van der Waals surface area contributed by atoms with Gasteiger partial charge in [-0.05, 0) is 18.6 Å². The zero-order valence-corrected chi connectivity index (χ0v) is 13.9. The molecule has 1 aromatic rings. The molecule has 3 heterocycles. The van der Waals surface area contributed by atoms with Crippen LogP contribution in [0.5, 0.6) is 0 Å². The molecular weight excluding hydrogens is 334 g/mol. The van der Waals surface area contributed by atoms with Crippen LogP contribution in [0.25, 0.3) is 0 Å². The first-order chi connectivity index (χ1) is 11.4. The number of nitrogens with one attached hydrogen (secondary N) is 1. The molecule has 0 aromatic carbocycles. The summed E-state index contributed by atoms with van der Waals surface area (Å²) in [6.07, 6.45) is 2.93. The van der Waals surface area contributed by atoms with E-state index in [-0.39, 0.29) is 41.9 Å². The Hall–Kier alpha value is -2.16. The first-order valence-corrected chi connectivity index (χ1v) is 9.67. The lowest BCUT2D eigenvalue weighted by molar-refractivity contribution is -0.133. The second-order valence-electron chi connectivity index (χ2n) is 5.93. The van der Waals surface area contributed by atoms with Gasteiger partial charge < -0.3 is 9.73 Å². The van der Waals surface area contributed by atoms with E-state index in [9.17, 15) is 18.0 Å². The first-order valence-electron chi connectivity index (χ1n) is 7.85. The van der Waals surface area contributed by atoms with Crippen molar-refractivity contribution in [1.82, 2.24) is 10.3 Å². The molecule has 2 amide bonds. The molecule has 2 aliphatic rings. The van der Waals surface area contributed by atoms with Crippen molar-refractivity contribution in [3.8, 4) is 0 Å². The normalized spacial score (nSPS) is 23.2. The van der Waals surface area contributed by atoms with Gasteiger partial charge in [-0.3, -0.25) is 9.59 Å². The lowest BCUT2D eigenvalue weighted by Crippen LogP contribution is -2.44. The zero-order chi connectivity index (χ0) is 17.2. The Bertz CT molecular complexity index is 754. The van der Waals surface area contributed by atoms with Gasteiger partial charge in [0.15, 0.2) is 9.84 Å². The molecule has 0 radical (unpaired) electrons. The van der Waals surface area contributed by atoms with Gasteiger partial charge >= 0.3 is 0 Å². The predicted molar refractivity (Wildman–Crippen MR) is 86.0 cm³/mol. The van der Waals surface area contributed by atoms with Gasteiger partial charge in [-0.2, -0.15) is 5.10 Å². The van der Waals surface area contributed by atoms with Crippen molar-refractivity contribution >= 4 is 27.4 Å². The number of nitrogens with zero attached hydrogens (tertiary/aromatic N) is 2. The van der Waals surface area contributed by atoms with Crippen LogP contribution >= 0.6 is 0 Å². The molecule has 0 aliphatic carbocycles. The Balaban J connectivity index is 1.60. The maximum Gasteiger partial charge on any atom is 0.267 e. The number of carbonyl (C=O) groups excluding carboxylic acids is 2. The lowest BCUT2D eigenvalue weighted by atomic mass is 10.1. The van der Waals surface area contributed by atoms with Crippen molar-refractivity contribution in [2.45, 2.75) is 31.7 Å². The Morgan fingerprint density at radius 2 is 2.25 bits per heavy atom. The number of hydrogen-bond acceptors (Lipinski definition) is 6. The third-order valence-corrected chi connectivity index (χ3v) is 5.86. The average Bonchev–Trinajstić information content (AvgIpc) is 3.17. The Morgan fingerprint density at radius 3 is 2.92 bits per heavy atom. The van der Waals surface area contributed by atoms with Crippen LogP contribution < -0.4 is 5.32 Å². The van der Waals surface area contributed by atoms with Gasteiger partial charge in [-0.15, -0.1) is 0 Å². The third-order valence-electron chi connectivity index (χ3n) is 4.11. The van der Waals surface area contributed by atoms with Crippen molar-refractivity contribution in [1.29, 1.82) is 0 Å². The molecule has 130 valence electrons. The van der Waals surface area contributed by atoms with Crippen LogP contribution in [0.4, 0.5) is 0 Å². The largest absolute Gasteiger partial charge is 0.469 e. The van der Waals surface area contributed by atoms with Crippen LogP contribution in [-0.4, -0.2) is 55.0 Å². The van der Waals surface area contributed by atoms with Crippen molar-refractivity contribution in [3.05, 3.63) is 24.2 Å². The first kappa shape index (κ1) is 16.7. The van der Waals surface area contributed by atoms with Crippen molar-refractivity contribution in [2.24, 2.45) is 5.10 Å². The van der Waals surface area contributed by atoms with Crippen LogP contribution in [-0.2, 0) is 25.8 Å². The molecule has 1 atom stereocenters. The van der Waals surface area contributed by atoms with Crippen LogP contribution in [0.1, 0.15) is 25.0 Å². The molecule has 9 heteroatoms. The maximum absolute atomic E-state index is 12.2. The van der Waals surface area contributed by atoms with Gasteiger partial charge in [0.2, 0.25) is 5.91 Å². The number of hydrazone groups is 1. The summed E-state index contributed by atoms with van der Waals surface area (Å²) in [4.78, 5) is 24.2. The van der Waals surface area contributed by atoms with E-state index in [1.807, 2.05) is 6.07 Å². The molecule has 24 heavy (non-hydrogen) atoms. The number of carbonyl (C=O) groups is 2. The van der Waals surface area contributed by atoms with Gasteiger partial charge in [-0.25, -0.2) is 13.4 Å². The fourth-order valence-corrected chi connectivity index (χ4v) is 4.54. The van der Waals surface area contributed by atoms with Gasteiger partial charge in [0.1, 0.15) is 11.5 Å². The minimum Gasteiger partial charge on any atom is -0.469 e. The van der Waals surface area contributed by atoms with E-state index >= 15 is 0 Å². The molecule has 0 bridgehead atoms. The topological polar surface area (TPSA) is 109 Å². The van der Waals surface area contributed by atoms with E-state index in [1.165, 1.54) is 5.01 Å². The standard InChI is InChI=1S/C15H19N3O5S/c19-14-4-3-13(15(20)16-7-5-12-2-1-8-23-12)17-18(14)11-6-9-24(21,22)10-11/h1-2,8,11H,3-7,9-10H2,(H,16,20)/t11-/m0/s1. The second-order valence-corrected chi connectivity index (χ2v) is 8.16. The molecule has 2 aliphatic heterocycles. The Kier molecular flexibility index (Phi) is 4.70. The van der Waals surface area contributed by atoms with E-state index in [4.69, 9.17) is 4.42 Å². The second kappa shape index (κ2) is 6.76. The molecule has 0 spiro atoms. The zero-order valence-electron chi connectivity index (χ0n) is 13.1. The molecule has 0 saturated carbocycles. The van der Waals surface area contributed by atoms with E-state index in [0.717, 1.165) is 5.76 Å². The Morgan fingerprint density at radius 1 is 1.42 bits per heavy atom. The fraction of sp³-hybridized carbons (Fsp3) is 0.533. The monoisotopic (exact) mass is 353 g/mol. The summed E-state index contributed by atoms with van der Waals surface area (Å²) in [5.74, 6) is 0.176. The molecule has 3 rings (SSSR count). The lowest BCUT2D eigenvalue weighted by Gasteiger charge is -2.27. The highest BCUT2D eigenvalue weighted by Crippen LogP contribution is 2.22. The van der Waals surface area contributed by atoms with Crippen molar-refractivity contribution in [2.75, 3.05) is 18.1 Å². The molecule has 1 N–H and O–H groups in total. The van der Waals surface area contributed by atoms with Gasteiger partial charge in [0, 0.05) is 25.8 Å². The molecule has 1 fully saturated rings. The fourth-order valence-electron chi connectivity index (χ4n) is 2.84. The quantitative estimate of drug-likeness (QED) is 0.808. The number of sulfone groups is 1. The number of rotatable bonds is 5. The summed E-state index contributed by atoms with van der Waals surface area (Å²) in [7, 11) is -3.12. The SMILES string of the molecule is O=C(NCCc1ccco1)C1=NN([C@H]2CCS(=O)(=O)C2)C(=O)CC1. The van der Waals surface area contributed by atoms with Crippen LogP contribution in [0.15, 0.2) is 27.9 Å². The van der Waals surface area contributed by atoms with E-state index in [2.05, 4.69) is 10.4 Å². The minimum atomic E-state index is -3.12. The summed E-state index contributed by atoms with van der Waals surface area (Å²) in [5, 5.41) is 8.06. The van der Waals surface area contributed by atoms with Gasteiger partial charge in [0.25, 0.3) is 5.91 Å². The van der Waals surface area contributed by atoms with E-state index in [1.54, 1.807) is 12.3 Å². The van der Waals surface area contributed by atoms with Gasteiger partial charge in [0.05, 0.1) is 23.8 Å². The minimum absolute atomic E-state index is 0.0572. The summed E-state index contributed by atoms with van der Waals surface area (Å²) >= 11 is 0. The summed E-state index contributed by atoms with van der Waals surface area (Å²) in [6, 6.07) is 3.14. The number of hydrogen-bond donors (Lipinski definition) is 1. The van der Waals surface area contributed by atoms with Crippen molar-refractivity contribution < 1.29 is 22.4 Å². The highest BCUT2D eigenvalue weighted by Gasteiger charge is 2.37. The smallest absolute Gasteiger partial charge is 0.267 e. The van der Waals surface area contributed by atoms with Gasteiger partial charge in [-0.1, -0.05) is 0 Å². The molecule has 8 nitrogen and oxygen atoms in total. The number of amides is 2. The van der Waals surface area contributed by atoms with Crippen LogP contribution in [0, 0.1) is 0 Å². The van der Waals surface area contributed by atoms with E-state index in [0.29, 0.717) is 19.4 Å². The molecule has 0 unspecified atom stereocenters. The van der Waals surface area contributed by atoms with Crippen molar-refractivity contribution in [3.63, 3.8) is 0 Å². The highest BCUT2D eigenvalue weighted by molar-refractivity contribution is 7.91. The summed E-state index contributed by atoms with van der Waals surface area (Å²) < 4.78 is 28.4.